The fraction of sp³-hybridized carbons (Fsp3) is 0.938. The Balaban J connectivity index is 0.00000220. The predicted octanol–water partition coefficient (Wildman–Crippen LogP) is 2.59. The van der Waals surface area contributed by atoms with Crippen LogP contribution in [0.3, 0.4) is 0 Å². The number of rotatable bonds is 5. The average Bonchev–Trinajstić information content (AvgIpc) is 2.46. The van der Waals surface area contributed by atoms with Gasteiger partial charge in [0.1, 0.15) is 0 Å². The van der Waals surface area contributed by atoms with Gasteiger partial charge in [0.2, 0.25) is 5.91 Å². The first-order valence-corrected chi connectivity index (χ1v) is 8.44. The highest BCUT2D eigenvalue weighted by molar-refractivity contribution is 5.85. The minimum Gasteiger partial charge on any atom is -0.356 e. The molecule has 0 spiro atoms. The maximum atomic E-state index is 12.2. The van der Waals surface area contributed by atoms with Gasteiger partial charge in [-0.3, -0.25) is 4.79 Å². The van der Waals surface area contributed by atoms with Gasteiger partial charge in [0.25, 0.3) is 0 Å². The van der Waals surface area contributed by atoms with Crippen LogP contribution in [0.1, 0.15) is 51.9 Å². The first-order chi connectivity index (χ1) is 9.69. The first kappa shape index (κ1) is 22.0. The van der Waals surface area contributed by atoms with Crippen LogP contribution in [0.2, 0.25) is 0 Å². The van der Waals surface area contributed by atoms with E-state index in [2.05, 4.69) is 17.1 Å². The summed E-state index contributed by atoms with van der Waals surface area (Å²) in [5, 5.41) is 3.18. The number of hydrogen-bond acceptors (Lipinski definition) is 3. The van der Waals surface area contributed by atoms with Crippen LogP contribution in [0.15, 0.2) is 0 Å². The smallest absolute Gasteiger partial charge is 0.223 e. The zero-order chi connectivity index (χ0) is 14.4. The second-order valence-corrected chi connectivity index (χ2v) is 6.65. The molecule has 1 heterocycles. The van der Waals surface area contributed by atoms with E-state index < -0.39 is 0 Å². The molecule has 2 unspecified atom stereocenters. The molecule has 0 aromatic heterocycles. The van der Waals surface area contributed by atoms with E-state index in [4.69, 9.17) is 5.73 Å². The molecule has 1 amide bonds. The normalized spacial score (nSPS) is 26.6. The summed E-state index contributed by atoms with van der Waals surface area (Å²) in [6.07, 6.45) is 7.78. The van der Waals surface area contributed by atoms with Crippen molar-refractivity contribution in [1.29, 1.82) is 0 Å². The molecule has 132 valence electrons. The van der Waals surface area contributed by atoms with Crippen LogP contribution in [0, 0.1) is 11.8 Å². The molecule has 2 rings (SSSR count). The third-order valence-corrected chi connectivity index (χ3v) is 4.90. The standard InChI is InChI=1S/C16H31N3O.2ClH/c1-2-8-19-9-6-13(7-10-19)12-18-16(20)14-4-3-5-15(17)11-14;;/h13-15H,2-12,17H2,1H3,(H,18,20);2*1H. The van der Waals surface area contributed by atoms with Crippen molar-refractivity contribution in [3.8, 4) is 0 Å². The summed E-state index contributed by atoms with van der Waals surface area (Å²) < 4.78 is 0. The molecule has 3 N–H and O–H groups in total. The zero-order valence-electron chi connectivity index (χ0n) is 13.8. The maximum Gasteiger partial charge on any atom is 0.223 e. The molecule has 0 bridgehead atoms. The Kier molecular flexibility index (Phi) is 11.5. The van der Waals surface area contributed by atoms with Crippen molar-refractivity contribution in [3.05, 3.63) is 0 Å². The van der Waals surface area contributed by atoms with Crippen LogP contribution in [0.4, 0.5) is 0 Å². The van der Waals surface area contributed by atoms with Crippen LogP contribution >= 0.6 is 24.8 Å². The number of hydrogen-bond donors (Lipinski definition) is 2. The Hall–Kier alpha value is -0.0300. The van der Waals surface area contributed by atoms with E-state index >= 15 is 0 Å². The molecule has 2 atom stereocenters. The van der Waals surface area contributed by atoms with Crippen molar-refractivity contribution < 1.29 is 4.79 Å². The Labute approximate surface area is 147 Å². The summed E-state index contributed by atoms with van der Waals surface area (Å²) >= 11 is 0. The van der Waals surface area contributed by atoms with Gasteiger partial charge in [0, 0.05) is 18.5 Å². The van der Waals surface area contributed by atoms with Crippen molar-refractivity contribution >= 4 is 30.7 Å². The topological polar surface area (TPSA) is 58.4 Å². The number of likely N-dealkylation sites (tertiary alicyclic amines) is 1. The predicted molar refractivity (Wildman–Crippen MR) is 96.9 cm³/mol. The average molecular weight is 354 g/mol. The minimum atomic E-state index is 0. The molecule has 0 radical (unpaired) electrons. The highest BCUT2D eigenvalue weighted by atomic mass is 35.5. The fourth-order valence-corrected chi connectivity index (χ4v) is 3.59. The van der Waals surface area contributed by atoms with Crippen LogP contribution in [-0.4, -0.2) is 43.0 Å². The quantitative estimate of drug-likeness (QED) is 0.798. The van der Waals surface area contributed by atoms with Crippen molar-refractivity contribution in [3.63, 3.8) is 0 Å². The molecule has 1 aliphatic heterocycles. The lowest BCUT2D eigenvalue weighted by molar-refractivity contribution is -0.126. The number of nitrogens with one attached hydrogen (secondary N) is 1. The Morgan fingerprint density at radius 3 is 2.45 bits per heavy atom. The van der Waals surface area contributed by atoms with Gasteiger partial charge in [-0.05, 0) is 64.1 Å². The van der Waals surface area contributed by atoms with Gasteiger partial charge in [0.05, 0.1) is 0 Å². The molecule has 6 heteroatoms. The largest absolute Gasteiger partial charge is 0.356 e. The van der Waals surface area contributed by atoms with Gasteiger partial charge in [-0.25, -0.2) is 0 Å². The summed E-state index contributed by atoms with van der Waals surface area (Å²) in [6.45, 7) is 6.72. The Morgan fingerprint density at radius 2 is 1.86 bits per heavy atom. The second-order valence-electron chi connectivity index (χ2n) is 6.65. The fourth-order valence-electron chi connectivity index (χ4n) is 3.59. The van der Waals surface area contributed by atoms with Gasteiger partial charge in [0.15, 0.2) is 0 Å². The van der Waals surface area contributed by atoms with E-state index in [0.717, 1.165) is 32.2 Å². The number of halogens is 2. The summed E-state index contributed by atoms with van der Waals surface area (Å²) in [6, 6.07) is 0.233. The molecule has 0 aromatic rings. The van der Waals surface area contributed by atoms with E-state index in [1.807, 2.05) is 0 Å². The molecule has 2 fully saturated rings. The van der Waals surface area contributed by atoms with Crippen LogP contribution in [0.25, 0.3) is 0 Å². The third kappa shape index (κ3) is 7.03. The van der Waals surface area contributed by atoms with E-state index in [1.165, 1.54) is 38.9 Å². The van der Waals surface area contributed by atoms with Crippen molar-refractivity contribution in [2.24, 2.45) is 17.6 Å². The lowest BCUT2D eigenvalue weighted by atomic mass is 9.85. The van der Waals surface area contributed by atoms with Gasteiger partial charge in [-0.1, -0.05) is 13.3 Å². The number of carbonyl (C=O) groups excluding carboxylic acids is 1. The van der Waals surface area contributed by atoms with Crippen LogP contribution in [-0.2, 0) is 4.79 Å². The van der Waals surface area contributed by atoms with E-state index in [1.54, 1.807) is 0 Å². The summed E-state index contributed by atoms with van der Waals surface area (Å²) in [4.78, 5) is 14.7. The molecular weight excluding hydrogens is 321 g/mol. The molecule has 2 aliphatic rings. The first-order valence-electron chi connectivity index (χ1n) is 8.44. The number of carbonyl (C=O) groups is 1. The van der Waals surface area contributed by atoms with Gasteiger partial charge in [-0.2, -0.15) is 0 Å². The summed E-state index contributed by atoms with van der Waals surface area (Å²) in [5.74, 6) is 1.08. The van der Waals surface area contributed by atoms with Crippen LogP contribution in [0.5, 0.6) is 0 Å². The monoisotopic (exact) mass is 353 g/mol. The lowest BCUT2D eigenvalue weighted by Gasteiger charge is -2.32. The van der Waals surface area contributed by atoms with Gasteiger partial charge >= 0.3 is 0 Å². The SMILES string of the molecule is CCCN1CCC(CNC(=O)C2CCCC(N)C2)CC1.Cl.Cl. The molecule has 1 saturated carbocycles. The van der Waals surface area contributed by atoms with Gasteiger partial charge in [-0.15, -0.1) is 24.8 Å². The maximum absolute atomic E-state index is 12.2. The summed E-state index contributed by atoms with van der Waals surface area (Å²) in [5.41, 5.74) is 5.96. The molecule has 1 aliphatic carbocycles. The van der Waals surface area contributed by atoms with E-state index in [9.17, 15) is 4.79 Å². The van der Waals surface area contributed by atoms with Crippen molar-refractivity contribution in [1.82, 2.24) is 10.2 Å². The van der Waals surface area contributed by atoms with Crippen LogP contribution < -0.4 is 11.1 Å². The molecule has 0 aromatic carbocycles. The third-order valence-electron chi connectivity index (χ3n) is 4.90. The van der Waals surface area contributed by atoms with Gasteiger partial charge < -0.3 is 16.0 Å². The summed E-state index contributed by atoms with van der Waals surface area (Å²) in [7, 11) is 0. The Bertz CT molecular complexity index is 310. The van der Waals surface area contributed by atoms with Crippen molar-refractivity contribution in [2.45, 2.75) is 57.9 Å². The zero-order valence-corrected chi connectivity index (χ0v) is 15.4. The van der Waals surface area contributed by atoms with E-state index in [0.29, 0.717) is 5.92 Å². The number of piperidine rings is 1. The molecule has 22 heavy (non-hydrogen) atoms. The lowest BCUT2D eigenvalue weighted by Crippen LogP contribution is -2.42. The second kappa shape index (κ2) is 11.5. The number of nitrogens with two attached hydrogens (primary N) is 1. The molecule has 1 saturated heterocycles. The highest BCUT2D eigenvalue weighted by Crippen LogP contribution is 2.23. The van der Waals surface area contributed by atoms with Crippen molar-refractivity contribution in [2.75, 3.05) is 26.2 Å². The molecule has 4 nitrogen and oxygen atoms in total. The number of amides is 1. The highest BCUT2D eigenvalue weighted by Gasteiger charge is 2.26. The Morgan fingerprint density at radius 1 is 1.18 bits per heavy atom. The number of nitrogens with zero attached hydrogens (tertiary/aromatic N) is 1. The van der Waals surface area contributed by atoms with E-state index in [-0.39, 0.29) is 42.7 Å². The molecular formula is C16H33Cl2N3O. The minimum absolute atomic E-state index is 0.